The number of ether oxygens (including phenoxy) is 3. The quantitative estimate of drug-likeness (QED) is 0.462. The molecule has 0 amide bonds. The molecule has 0 aromatic carbocycles. The van der Waals surface area contributed by atoms with Gasteiger partial charge in [0.15, 0.2) is 5.79 Å². The lowest BCUT2D eigenvalue weighted by atomic mass is 9.78. The van der Waals surface area contributed by atoms with E-state index in [9.17, 15) is 14.7 Å². The Hall–Kier alpha value is -1.92. The highest BCUT2D eigenvalue weighted by atomic mass is 16.7. The number of hydrogen-bond donors (Lipinski definition) is 1. The van der Waals surface area contributed by atoms with Crippen LogP contribution in [0.4, 0.5) is 0 Å². The molecule has 4 rings (SSSR count). The van der Waals surface area contributed by atoms with E-state index in [0.29, 0.717) is 18.4 Å². The summed E-state index contributed by atoms with van der Waals surface area (Å²) in [5, 5.41) is 10.9. The molecule has 4 aliphatic rings. The number of carbonyl (C=O) groups is 2. The Bertz CT molecular complexity index is 733. The molecule has 6 heteroatoms. The molecule has 1 spiro atoms. The van der Waals surface area contributed by atoms with Crippen molar-refractivity contribution in [3.8, 4) is 0 Å². The van der Waals surface area contributed by atoms with Crippen molar-refractivity contribution in [2.45, 2.75) is 63.1 Å². The molecule has 1 aliphatic carbocycles. The van der Waals surface area contributed by atoms with Gasteiger partial charge in [0.25, 0.3) is 0 Å². The Balaban J connectivity index is 1.74. The first-order chi connectivity index (χ1) is 12.1. The van der Waals surface area contributed by atoms with Crippen LogP contribution in [0.2, 0.25) is 0 Å². The van der Waals surface area contributed by atoms with Crippen molar-refractivity contribution in [3.05, 3.63) is 36.5 Å². The van der Waals surface area contributed by atoms with Gasteiger partial charge in [-0.2, -0.15) is 0 Å². The molecular formula is C20H24O6. The summed E-state index contributed by atoms with van der Waals surface area (Å²) in [4.78, 5) is 24.4. The minimum Gasteiger partial charge on any atom is -0.458 e. The number of carbonyl (C=O) groups excluding carboxylic acids is 2. The van der Waals surface area contributed by atoms with Gasteiger partial charge in [-0.25, -0.2) is 9.59 Å². The number of hydrogen-bond acceptors (Lipinski definition) is 6. The lowest BCUT2D eigenvalue weighted by Gasteiger charge is -2.31. The third-order valence-corrected chi connectivity index (χ3v) is 6.05. The Morgan fingerprint density at radius 3 is 2.65 bits per heavy atom. The van der Waals surface area contributed by atoms with E-state index in [1.165, 1.54) is 0 Å². The molecule has 0 radical (unpaired) electrons. The molecule has 140 valence electrons. The fourth-order valence-electron chi connectivity index (χ4n) is 4.72. The zero-order valence-electron chi connectivity index (χ0n) is 15.0. The number of rotatable bonds is 2. The van der Waals surface area contributed by atoms with Gasteiger partial charge in [-0.1, -0.05) is 25.3 Å². The minimum atomic E-state index is -1.31. The third kappa shape index (κ3) is 2.63. The minimum absolute atomic E-state index is 0.191. The zero-order chi connectivity index (χ0) is 18.9. The summed E-state index contributed by atoms with van der Waals surface area (Å²) in [6.45, 7) is 13.1. The van der Waals surface area contributed by atoms with E-state index in [0.717, 1.165) is 12.8 Å². The largest absolute Gasteiger partial charge is 0.458 e. The van der Waals surface area contributed by atoms with Crippen molar-refractivity contribution in [1.82, 2.24) is 0 Å². The molecule has 1 N–H and O–H groups in total. The molecule has 3 saturated heterocycles. The summed E-state index contributed by atoms with van der Waals surface area (Å²) in [5.74, 6) is -2.87. The van der Waals surface area contributed by atoms with Crippen LogP contribution in [0.1, 0.15) is 39.0 Å². The second kappa shape index (κ2) is 5.54. The highest BCUT2D eigenvalue weighted by Gasteiger charge is 2.67. The highest BCUT2D eigenvalue weighted by molar-refractivity contribution is 5.91. The van der Waals surface area contributed by atoms with Crippen LogP contribution in [0.5, 0.6) is 0 Å². The van der Waals surface area contributed by atoms with Gasteiger partial charge in [-0.15, -0.1) is 0 Å². The zero-order valence-corrected chi connectivity index (χ0v) is 15.0. The average Bonchev–Trinajstić information content (AvgIpc) is 3.14. The molecule has 6 nitrogen and oxygen atoms in total. The number of aliphatic hydroxyl groups is 1. The van der Waals surface area contributed by atoms with Crippen LogP contribution in [0, 0.1) is 11.3 Å². The highest BCUT2D eigenvalue weighted by Crippen LogP contribution is 2.64. The maximum Gasteiger partial charge on any atom is 0.334 e. The first kappa shape index (κ1) is 17.5. The lowest BCUT2D eigenvalue weighted by molar-refractivity contribution is -0.212. The normalized spacial score (nSPS) is 40.3. The molecule has 3 aliphatic heterocycles. The van der Waals surface area contributed by atoms with Gasteiger partial charge in [0, 0.05) is 35.8 Å². The topological polar surface area (TPSA) is 82.1 Å². The van der Waals surface area contributed by atoms with Crippen molar-refractivity contribution >= 4 is 11.9 Å². The molecule has 0 aromatic heterocycles. The van der Waals surface area contributed by atoms with Crippen LogP contribution in [0.15, 0.2) is 36.5 Å². The van der Waals surface area contributed by atoms with E-state index >= 15 is 0 Å². The Labute approximate surface area is 152 Å². The first-order valence-corrected chi connectivity index (χ1v) is 8.97. The second-order valence-corrected chi connectivity index (χ2v) is 8.30. The summed E-state index contributed by atoms with van der Waals surface area (Å²) < 4.78 is 17.3. The molecule has 2 bridgehead atoms. The monoisotopic (exact) mass is 360 g/mol. The van der Waals surface area contributed by atoms with Crippen molar-refractivity contribution < 1.29 is 28.9 Å². The van der Waals surface area contributed by atoms with E-state index in [1.54, 1.807) is 6.92 Å². The van der Waals surface area contributed by atoms with Crippen LogP contribution in [-0.2, 0) is 23.8 Å². The van der Waals surface area contributed by atoms with Crippen LogP contribution in [0.25, 0.3) is 0 Å². The molecule has 0 aromatic rings. The average molecular weight is 360 g/mol. The number of esters is 2. The van der Waals surface area contributed by atoms with Gasteiger partial charge in [0.2, 0.25) is 0 Å². The summed E-state index contributed by atoms with van der Waals surface area (Å²) in [7, 11) is 0. The maximum absolute atomic E-state index is 12.3. The van der Waals surface area contributed by atoms with Gasteiger partial charge in [0.1, 0.15) is 18.3 Å². The predicted molar refractivity (Wildman–Crippen MR) is 91.7 cm³/mol. The lowest BCUT2D eigenvalue weighted by Crippen LogP contribution is -2.43. The van der Waals surface area contributed by atoms with Crippen LogP contribution in [-0.4, -0.2) is 41.1 Å². The Morgan fingerprint density at radius 2 is 2.04 bits per heavy atom. The second-order valence-electron chi connectivity index (χ2n) is 8.30. The predicted octanol–water partition coefficient (Wildman–Crippen LogP) is 2.18. The Morgan fingerprint density at radius 1 is 1.35 bits per heavy atom. The van der Waals surface area contributed by atoms with Crippen molar-refractivity contribution in [3.63, 3.8) is 0 Å². The summed E-state index contributed by atoms with van der Waals surface area (Å²) in [5.41, 5.74) is 1.07. The summed E-state index contributed by atoms with van der Waals surface area (Å²) in [6.07, 6.45) is 1.20. The molecule has 1 saturated carbocycles. The van der Waals surface area contributed by atoms with E-state index < -0.39 is 42.0 Å². The van der Waals surface area contributed by atoms with Crippen molar-refractivity contribution in [2.24, 2.45) is 11.3 Å². The van der Waals surface area contributed by atoms with E-state index in [2.05, 4.69) is 19.7 Å². The molecule has 0 unspecified atom stereocenters. The van der Waals surface area contributed by atoms with Crippen LogP contribution < -0.4 is 0 Å². The fraction of sp³-hybridized carbons (Fsp3) is 0.600. The van der Waals surface area contributed by atoms with Crippen LogP contribution >= 0.6 is 0 Å². The van der Waals surface area contributed by atoms with E-state index in [4.69, 9.17) is 14.2 Å². The number of fused-ring (bicyclic) bond motifs is 5. The maximum atomic E-state index is 12.3. The smallest absolute Gasteiger partial charge is 0.334 e. The van der Waals surface area contributed by atoms with E-state index in [-0.39, 0.29) is 23.0 Å². The molecule has 5 atom stereocenters. The van der Waals surface area contributed by atoms with Gasteiger partial charge >= 0.3 is 11.9 Å². The SMILES string of the molecule is C=C1C[C@H](OC(=O)C(=C)C)[C@H]2C(=C)C(=O)O[C@@H]2[C@H]2O[C@@](O)(C1)CC21CC1. The van der Waals surface area contributed by atoms with Gasteiger partial charge in [-0.05, 0) is 19.8 Å². The molecule has 4 fully saturated rings. The van der Waals surface area contributed by atoms with Crippen LogP contribution in [0.3, 0.4) is 0 Å². The fourth-order valence-corrected chi connectivity index (χ4v) is 4.72. The van der Waals surface area contributed by atoms with Gasteiger partial charge in [0.05, 0.1) is 5.92 Å². The molecule has 26 heavy (non-hydrogen) atoms. The standard InChI is InChI=1S/C20H24O6/c1-10(2)17(21)24-13-7-11(3)8-20(23)9-19(5-6-19)16(26-20)15-14(13)12(4)18(22)25-15/h13-16,23H,1,3-9H2,2H3/t13-,14+,15-,16+,20-/m0/s1. The first-order valence-electron chi connectivity index (χ1n) is 8.97. The van der Waals surface area contributed by atoms with E-state index in [1.807, 2.05) is 0 Å². The Kier molecular flexibility index (Phi) is 3.72. The third-order valence-electron chi connectivity index (χ3n) is 6.05. The van der Waals surface area contributed by atoms with Gasteiger partial charge < -0.3 is 19.3 Å². The summed E-state index contributed by atoms with van der Waals surface area (Å²) in [6, 6.07) is 0. The van der Waals surface area contributed by atoms with Gasteiger partial charge in [-0.3, -0.25) is 0 Å². The molecular weight excluding hydrogens is 336 g/mol. The van der Waals surface area contributed by atoms with Crippen molar-refractivity contribution in [1.29, 1.82) is 0 Å². The summed E-state index contributed by atoms with van der Waals surface area (Å²) >= 11 is 0. The van der Waals surface area contributed by atoms with Crippen molar-refractivity contribution in [2.75, 3.05) is 0 Å². The molecule has 3 heterocycles.